The molecule has 32 heavy (non-hydrogen) atoms. The smallest absolute Gasteiger partial charge is 0.258 e. The van der Waals surface area contributed by atoms with Crippen LogP contribution in [0.2, 0.25) is 5.02 Å². The van der Waals surface area contributed by atoms with Crippen LogP contribution in [0.15, 0.2) is 126 Å². The number of hydrogen-bond donors (Lipinski definition) is 1. The Balaban J connectivity index is 1.93. The molecule has 0 spiro atoms. The highest BCUT2D eigenvalue weighted by atomic mass is 35.5. The van der Waals surface area contributed by atoms with Crippen LogP contribution in [-0.2, 0) is 12.6 Å². The number of benzene rings is 4. The zero-order valence-corrected chi connectivity index (χ0v) is 19.7. The van der Waals surface area contributed by atoms with E-state index in [1.165, 1.54) is 0 Å². The number of hydrogen-bond acceptors (Lipinski definition) is 2. The van der Waals surface area contributed by atoms with Gasteiger partial charge in [-0.2, -0.15) is 5.41 Å². The Bertz CT molecular complexity index is 1120. The minimum absolute atomic E-state index is 0.218. The number of nitrogens with one attached hydrogen (secondary N) is 1. The first-order valence-electron chi connectivity index (χ1n) is 10.1. The Hall–Kier alpha value is -2.97. The molecule has 0 saturated carbocycles. The molecule has 4 rings (SSSR count). The minimum Gasteiger partial charge on any atom is -0.782 e. The van der Waals surface area contributed by atoms with Crippen LogP contribution in [0.3, 0.4) is 0 Å². The number of carbonyl (C=O) groups excluding carboxylic acids is 1. The molecule has 5 heteroatoms. The molecule has 4 aromatic rings. The van der Waals surface area contributed by atoms with Gasteiger partial charge in [0.25, 0.3) is 5.91 Å². The molecule has 158 valence electrons. The summed E-state index contributed by atoms with van der Waals surface area (Å²) in [4.78, 5) is 13.2. The van der Waals surface area contributed by atoms with Crippen LogP contribution >= 0.6 is 18.9 Å². The minimum atomic E-state index is -2.45. The van der Waals surface area contributed by atoms with E-state index in [9.17, 15) is 4.79 Å². The van der Waals surface area contributed by atoms with E-state index in [4.69, 9.17) is 24.2 Å². The van der Waals surface area contributed by atoms with E-state index >= 15 is 0 Å². The quantitative estimate of drug-likeness (QED) is 0.300. The standard InChI is InChI=1S/C27H21ClNOPS/c28-22-18-16-21(17-19-22)27(30)29-26(20-32)31(23-10-4-1-5-11-23,24-12-6-2-7-13-24)25-14-8-3-9-15-25/h1-20H,(H-,29,30,32)/b26-20-. The van der Waals surface area contributed by atoms with Crippen molar-refractivity contribution in [2.24, 2.45) is 0 Å². The van der Waals surface area contributed by atoms with E-state index in [2.05, 4.69) is 41.7 Å². The zero-order chi connectivity index (χ0) is 22.4. The lowest BCUT2D eigenvalue weighted by molar-refractivity contribution is 0.0968. The molecule has 1 amide bonds. The lowest BCUT2D eigenvalue weighted by Gasteiger charge is -2.30. The van der Waals surface area contributed by atoms with Crippen molar-refractivity contribution in [2.75, 3.05) is 0 Å². The largest absolute Gasteiger partial charge is 0.782 e. The Labute approximate surface area is 199 Å². The molecule has 0 aliphatic carbocycles. The predicted molar refractivity (Wildman–Crippen MR) is 140 cm³/mol. The predicted octanol–water partition coefficient (Wildman–Crippen LogP) is 5.41. The summed E-state index contributed by atoms with van der Waals surface area (Å²) >= 11 is 11.5. The summed E-state index contributed by atoms with van der Waals surface area (Å²) in [6.45, 7) is 0. The third kappa shape index (κ3) is 4.33. The Morgan fingerprint density at radius 2 is 1.09 bits per heavy atom. The third-order valence-corrected chi connectivity index (χ3v) is 10.1. The van der Waals surface area contributed by atoms with Gasteiger partial charge in [-0.25, -0.2) is 0 Å². The van der Waals surface area contributed by atoms with Crippen LogP contribution in [0.4, 0.5) is 0 Å². The normalized spacial score (nSPS) is 11.7. The molecule has 4 aromatic carbocycles. The number of carbonyl (C=O) groups is 1. The molecule has 1 N–H and O–H groups in total. The van der Waals surface area contributed by atoms with Gasteiger partial charge in [-0.1, -0.05) is 66.2 Å². The van der Waals surface area contributed by atoms with E-state index in [1.807, 2.05) is 54.6 Å². The molecule has 0 aliphatic rings. The van der Waals surface area contributed by atoms with Crippen LogP contribution in [0.25, 0.3) is 0 Å². The number of halogens is 1. The molecule has 0 atom stereocenters. The van der Waals surface area contributed by atoms with Crippen molar-refractivity contribution in [3.8, 4) is 0 Å². The van der Waals surface area contributed by atoms with E-state index in [0.717, 1.165) is 21.4 Å². The third-order valence-electron chi connectivity index (χ3n) is 5.25. The number of rotatable bonds is 6. The molecule has 0 fully saturated rings. The molecule has 2 nitrogen and oxygen atoms in total. The molecule has 0 aromatic heterocycles. The van der Waals surface area contributed by atoms with Gasteiger partial charge in [0.2, 0.25) is 0 Å². The van der Waals surface area contributed by atoms with E-state index in [0.29, 0.717) is 10.6 Å². The number of amides is 1. The topological polar surface area (TPSA) is 29.1 Å². The van der Waals surface area contributed by atoms with Crippen molar-refractivity contribution in [1.29, 1.82) is 0 Å². The highest BCUT2D eigenvalue weighted by Crippen LogP contribution is 2.61. The van der Waals surface area contributed by atoms with Gasteiger partial charge >= 0.3 is 0 Å². The van der Waals surface area contributed by atoms with Crippen molar-refractivity contribution in [3.63, 3.8) is 0 Å². The highest BCUT2D eigenvalue weighted by molar-refractivity contribution is 7.99. The monoisotopic (exact) mass is 473 g/mol. The molecule has 0 unspecified atom stereocenters. The second-order valence-electron chi connectivity index (χ2n) is 7.14. The summed E-state index contributed by atoms with van der Waals surface area (Å²) in [6.07, 6.45) is 0. The van der Waals surface area contributed by atoms with Crippen LogP contribution in [0.1, 0.15) is 10.4 Å². The van der Waals surface area contributed by atoms with Crippen LogP contribution in [-0.4, -0.2) is 5.91 Å². The first-order chi connectivity index (χ1) is 15.7. The van der Waals surface area contributed by atoms with Gasteiger partial charge < -0.3 is 12.6 Å². The maximum Gasteiger partial charge on any atom is 0.258 e. The van der Waals surface area contributed by atoms with Crippen LogP contribution in [0, 0.1) is 0 Å². The highest BCUT2D eigenvalue weighted by Gasteiger charge is 2.49. The van der Waals surface area contributed by atoms with E-state index in [-0.39, 0.29) is 5.91 Å². The average Bonchev–Trinajstić information content (AvgIpc) is 2.86. The molecule has 0 bridgehead atoms. The maximum absolute atomic E-state index is 13.2. The SMILES string of the molecule is O=C(N/C(=C/[S-])[P+](c1ccccc1)(c1ccccc1)c1ccccc1)c1ccc(Cl)cc1. The van der Waals surface area contributed by atoms with E-state index < -0.39 is 7.26 Å². The Kier molecular flexibility index (Phi) is 7.02. The maximum atomic E-state index is 13.2. The van der Waals surface area contributed by atoms with Gasteiger partial charge in [0.1, 0.15) is 15.9 Å². The molecular formula is C27H21ClNOPS. The zero-order valence-electron chi connectivity index (χ0n) is 17.2. The van der Waals surface area contributed by atoms with Gasteiger partial charge in [-0.15, -0.1) is 0 Å². The summed E-state index contributed by atoms with van der Waals surface area (Å²) in [7, 11) is -2.45. The summed E-state index contributed by atoms with van der Waals surface area (Å²) in [6, 6.07) is 37.7. The molecular weight excluding hydrogens is 453 g/mol. The fourth-order valence-corrected chi connectivity index (χ4v) is 8.47. The average molecular weight is 474 g/mol. The van der Waals surface area contributed by atoms with Crippen molar-refractivity contribution in [2.45, 2.75) is 0 Å². The van der Waals surface area contributed by atoms with Crippen molar-refractivity contribution in [3.05, 3.63) is 137 Å². The lowest BCUT2D eigenvalue weighted by atomic mass is 10.2. The molecule has 0 aliphatic heterocycles. The molecule has 0 radical (unpaired) electrons. The first kappa shape index (κ1) is 22.2. The Morgan fingerprint density at radius 1 is 0.688 bits per heavy atom. The fourth-order valence-electron chi connectivity index (χ4n) is 3.80. The fraction of sp³-hybridized carbons (Fsp3) is 0. The van der Waals surface area contributed by atoms with Gasteiger partial charge in [0.15, 0.2) is 12.7 Å². The van der Waals surface area contributed by atoms with Crippen LogP contribution < -0.4 is 21.2 Å². The van der Waals surface area contributed by atoms with Gasteiger partial charge in [0.05, 0.1) is 0 Å². The van der Waals surface area contributed by atoms with Gasteiger partial charge in [0, 0.05) is 10.6 Å². The Morgan fingerprint density at radius 3 is 1.47 bits per heavy atom. The van der Waals surface area contributed by atoms with Gasteiger partial charge in [-0.3, -0.25) is 10.1 Å². The second kappa shape index (κ2) is 10.1. The summed E-state index contributed by atoms with van der Waals surface area (Å²) in [5.41, 5.74) is 1.24. The summed E-state index contributed by atoms with van der Waals surface area (Å²) in [5.74, 6) is -0.218. The second-order valence-corrected chi connectivity index (χ2v) is 11.2. The van der Waals surface area contributed by atoms with Crippen molar-refractivity contribution in [1.82, 2.24) is 5.32 Å². The van der Waals surface area contributed by atoms with Crippen molar-refractivity contribution < 1.29 is 4.79 Å². The molecule has 0 heterocycles. The van der Waals surface area contributed by atoms with Crippen LogP contribution in [0.5, 0.6) is 0 Å². The summed E-state index contributed by atoms with van der Waals surface area (Å²) in [5, 5.41) is 8.71. The first-order valence-corrected chi connectivity index (χ1v) is 12.8. The van der Waals surface area contributed by atoms with E-state index in [1.54, 1.807) is 29.7 Å². The lowest BCUT2D eigenvalue weighted by Crippen LogP contribution is -2.38. The molecule has 0 saturated heterocycles. The summed E-state index contributed by atoms with van der Waals surface area (Å²) < 4.78 is 0. The van der Waals surface area contributed by atoms with Crippen molar-refractivity contribution >= 4 is 53.3 Å². The van der Waals surface area contributed by atoms with Gasteiger partial charge in [-0.05, 0) is 60.7 Å².